The SMILES string of the molecule is CCc1[c]c(CC)c(I)c(CC)c1. The molecule has 0 aliphatic rings. The topological polar surface area (TPSA) is 0 Å². The van der Waals surface area contributed by atoms with E-state index in [2.05, 4.69) is 55.5 Å². The third-order valence-electron chi connectivity index (χ3n) is 2.32. The Balaban J connectivity index is 3.20. The Labute approximate surface area is 94.9 Å². The average Bonchev–Trinajstić information content (AvgIpc) is 2.18. The summed E-state index contributed by atoms with van der Waals surface area (Å²) >= 11 is 2.44. The van der Waals surface area contributed by atoms with Gasteiger partial charge in [-0.1, -0.05) is 26.8 Å². The Morgan fingerprint density at radius 1 is 1.15 bits per heavy atom. The van der Waals surface area contributed by atoms with E-state index in [-0.39, 0.29) is 0 Å². The molecule has 0 amide bonds. The first kappa shape index (κ1) is 11.0. The van der Waals surface area contributed by atoms with Crippen molar-refractivity contribution in [3.63, 3.8) is 0 Å². The molecule has 1 radical (unpaired) electrons. The maximum absolute atomic E-state index is 3.48. The second kappa shape index (κ2) is 4.99. The molecule has 0 saturated carbocycles. The molecule has 1 heteroatoms. The molecule has 0 fully saturated rings. The number of halogens is 1. The Morgan fingerprint density at radius 3 is 2.31 bits per heavy atom. The van der Waals surface area contributed by atoms with E-state index in [1.807, 2.05) is 0 Å². The highest BCUT2D eigenvalue weighted by atomic mass is 127. The zero-order chi connectivity index (χ0) is 9.84. The molecule has 13 heavy (non-hydrogen) atoms. The number of aryl methyl sites for hydroxylation is 3. The molecule has 0 N–H and O–H groups in total. The number of hydrogen-bond donors (Lipinski definition) is 0. The van der Waals surface area contributed by atoms with Crippen molar-refractivity contribution in [1.82, 2.24) is 0 Å². The first-order valence-corrected chi connectivity index (χ1v) is 6.03. The predicted octanol–water partition coefficient (Wildman–Crippen LogP) is 3.78. The maximum Gasteiger partial charge on any atom is 0.0200 e. The molecular formula is C12H16I. The standard InChI is InChI=1S/C12H16I/c1-4-9-7-10(5-2)12(13)11(6-3)8-9/h7H,4-6H2,1-3H3. The van der Waals surface area contributed by atoms with Gasteiger partial charge in [0.05, 0.1) is 0 Å². The number of benzene rings is 1. The molecule has 0 aliphatic carbocycles. The van der Waals surface area contributed by atoms with Crippen LogP contribution in [0, 0.1) is 9.64 Å². The molecule has 0 bridgehead atoms. The van der Waals surface area contributed by atoms with E-state index in [4.69, 9.17) is 0 Å². The number of hydrogen-bond acceptors (Lipinski definition) is 0. The van der Waals surface area contributed by atoms with Gasteiger partial charge in [-0.25, -0.2) is 0 Å². The summed E-state index contributed by atoms with van der Waals surface area (Å²) in [5.41, 5.74) is 4.22. The van der Waals surface area contributed by atoms with E-state index in [1.54, 1.807) is 0 Å². The van der Waals surface area contributed by atoms with E-state index in [0.717, 1.165) is 19.3 Å². The van der Waals surface area contributed by atoms with Crippen molar-refractivity contribution < 1.29 is 0 Å². The fourth-order valence-electron chi connectivity index (χ4n) is 1.44. The van der Waals surface area contributed by atoms with E-state index >= 15 is 0 Å². The van der Waals surface area contributed by atoms with Crippen molar-refractivity contribution in [2.45, 2.75) is 40.0 Å². The monoisotopic (exact) mass is 287 g/mol. The van der Waals surface area contributed by atoms with Crippen LogP contribution in [0.25, 0.3) is 0 Å². The first-order valence-electron chi connectivity index (χ1n) is 4.95. The van der Waals surface area contributed by atoms with E-state index < -0.39 is 0 Å². The van der Waals surface area contributed by atoms with E-state index in [0.29, 0.717) is 0 Å². The minimum Gasteiger partial charge on any atom is -0.0613 e. The molecule has 0 aliphatic heterocycles. The molecule has 1 aromatic rings. The van der Waals surface area contributed by atoms with Crippen LogP contribution in [-0.2, 0) is 19.3 Å². The Morgan fingerprint density at radius 2 is 1.85 bits per heavy atom. The fraction of sp³-hybridized carbons (Fsp3) is 0.500. The van der Waals surface area contributed by atoms with Gasteiger partial charge in [0.25, 0.3) is 0 Å². The molecule has 0 atom stereocenters. The Kier molecular flexibility index (Phi) is 4.23. The molecule has 0 heterocycles. The lowest BCUT2D eigenvalue weighted by Crippen LogP contribution is -1.97. The van der Waals surface area contributed by atoms with Crippen molar-refractivity contribution in [3.8, 4) is 0 Å². The third kappa shape index (κ3) is 2.46. The summed E-state index contributed by atoms with van der Waals surface area (Å²) in [5.74, 6) is 0. The lowest BCUT2D eigenvalue weighted by atomic mass is 10.0. The molecule has 0 aromatic heterocycles. The minimum absolute atomic E-state index is 1.09. The van der Waals surface area contributed by atoms with Gasteiger partial charge in [-0.05, 0) is 64.6 Å². The predicted molar refractivity (Wildman–Crippen MR) is 66.1 cm³/mol. The van der Waals surface area contributed by atoms with Crippen molar-refractivity contribution in [3.05, 3.63) is 32.4 Å². The van der Waals surface area contributed by atoms with Crippen LogP contribution in [-0.4, -0.2) is 0 Å². The maximum atomic E-state index is 3.48. The van der Waals surface area contributed by atoms with Crippen LogP contribution in [0.5, 0.6) is 0 Å². The van der Waals surface area contributed by atoms with Crippen LogP contribution in [0.1, 0.15) is 37.5 Å². The second-order valence-electron chi connectivity index (χ2n) is 3.17. The van der Waals surface area contributed by atoms with Crippen LogP contribution in [0.15, 0.2) is 6.07 Å². The summed E-state index contributed by atoms with van der Waals surface area (Å²) in [7, 11) is 0. The van der Waals surface area contributed by atoms with Gasteiger partial charge in [0, 0.05) is 3.57 Å². The fourth-order valence-corrected chi connectivity index (χ4v) is 2.50. The van der Waals surface area contributed by atoms with Crippen molar-refractivity contribution in [2.24, 2.45) is 0 Å². The van der Waals surface area contributed by atoms with Crippen LogP contribution in [0.2, 0.25) is 0 Å². The van der Waals surface area contributed by atoms with Gasteiger partial charge >= 0.3 is 0 Å². The third-order valence-corrected chi connectivity index (χ3v) is 3.67. The highest BCUT2D eigenvalue weighted by Crippen LogP contribution is 2.20. The summed E-state index contributed by atoms with van der Waals surface area (Å²) in [6.45, 7) is 6.61. The van der Waals surface area contributed by atoms with Crippen molar-refractivity contribution in [2.75, 3.05) is 0 Å². The van der Waals surface area contributed by atoms with Crippen LogP contribution in [0.4, 0.5) is 0 Å². The van der Waals surface area contributed by atoms with Gasteiger partial charge in [-0.15, -0.1) is 0 Å². The normalized spacial score (nSPS) is 10.5. The van der Waals surface area contributed by atoms with Crippen LogP contribution >= 0.6 is 22.6 Å². The average molecular weight is 287 g/mol. The Hall–Kier alpha value is -0.0500. The van der Waals surface area contributed by atoms with Gasteiger partial charge < -0.3 is 0 Å². The highest BCUT2D eigenvalue weighted by Gasteiger charge is 2.05. The smallest absolute Gasteiger partial charge is 0.0200 e. The lowest BCUT2D eigenvalue weighted by molar-refractivity contribution is 1.02. The first-order chi connectivity index (χ1) is 6.22. The summed E-state index contributed by atoms with van der Waals surface area (Å²) in [6.07, 6.45) is 3.32. The number of rotatable bonds is 3. The van der Waals surface area contributed by atoms with Gasteiger partial charge in [0.15, 0.2) is 0 Å². The summed E-state index contributed by atoms with van der Waals surface area (Å²) in [5, 5.41) is 0. The van der Waals surface area contributed by atoms with Crippen LogP contribution in [0.3, 0.4) is 0 Å². The highest BCUT2D eigenvalue weighted by molar-refractivity contribution is 14.1. The van der Waals surface area contributed by atoms with Gasteiger partial charge in [0.1, 0.15) is 0 Å². The molecule has 0 unspecified atom stereocenters. The molecule has 71 valence electrons. The molecule has 0 spiro atoms. The molecule has 1 aromatic carbocycles. The molecule has 0 saturated heterocycles. The molecule has 1 rings (SSSR count). The zero-order valence-electron chi connectivity index (χ0n) is 8.58. The van der Waals surface area contributed by atoms with Gasteiger partial charge in [-0.3, -0.25) is 0 Å². The Bertz CT molecular complexity index is 264. The summed E-state index contributed by atoms with van der Waals surface area (Å²) < 4.78 is 1.42. The lowest BCUT2D eigenvalue weighted by Gasteiger charge is -2.09. The minimum atomic E-state index is 1.09. The van der Waals surface area contributed by atoms with Crippen molar-refractivity contribution >= 4 is 22.6 Å². The largest absolute Gasteiger partial charge is 0.0613 e. The van der Waals surface area contributed by atoms with Crippen molar-refractivity contribution in [1.29, 1.82) is 0 Å². The second-order valence-corrected chi connectivity index (χ2v) is 4.25. The summed E-state index contributed by atoms with van der Waals surface area (Å²) in [6, 6.07) is 5.77. The van der Waals surface area contributed by atoms with E-state index in [9.17, 15) is 0 Å². The summed E-state index contributed by atoms with van der Waals surface area (Å²) in [4.78, 5) is 0. The van der Waals surface area contributed by atoms with Crippen LogP contribution < -0.4 is 0 Å². The molecule has 0 nitrogen and oxygen atoms in total. The molecular weight excluding hydrogens is 271 g/mol. The van der Waals surface area contributed by atoms with Gasteiger partial charge in [-0.2, -0.15) is 0 Å². The van der Waals surface area contributed by atoms with Gasteiger partial charge in [0.2, 0.25) is 0 Å². The van der Waals surface area contributed by atoms with E-state index in [1.165, 1.54) is 20.3 Å². The zero-order valence-corrected chi connectivity index (χ0v) is 10.7. The quantitative estimate of drug-likeness (QED) is 0.742.